The third-order valence-corrected chi connectivity index (χ3v) is 5.98. The van der Waals surface area contributed by atoms with Crippen molar-refractivity contribution in [2.75, 3.05) is 20.0 Å². The van der Waals surface area contributed by atoms with E-state index < -0.39 is 9.84 Å². The van der Waals surface area contributed by atoms with Crippen LogP contribution in [0.3, 0.4) is 0 Å². The zero-order valence-corrected chi connectivity index (χ0v) is 16.1. The van der Waals surface area contributed by atoms with Crippen LogP contribution in [0.5, 0.6) is 11.5 Å². The molecule has 0 fully saturated rings. The molecule has 0 saturated carbocycles. The Hall–Kier alpha value is -2.87. The van der Waals surface area contributed by atoms with Gasteiger partial charge in [0.25, 0.3) is 5.56 Å². The number of aromatic amines is 1. The smallest absolute Gasteiger partial charge is 0.258 e. The molecule has 1 heterocycles. The zero-order chi connectivity index (χ0) is 19.6. The Morgan fingerprint density at radius 1 is 1.04 bits per heavy atom. The topological polar surface area (TPSA) is 98.4 Å². The van der Waals surface area contributed by atoms with Gasteiger partial charge >= 0.3 is 0 Å². The molecular weight excluding hydrogens is 368 g/mol. The molecule has 0 bridgehead atoms. The first-order valence-corrected chi connectivity index (χ1v) is 9.93. The molecule has 27 heavy (non-hydrogen) atoms. The molecule has 8 heteroatoms. The summed E-state index contributed by atoms with van der Waals surface area (Å²) in [6.45, 7) is 1.89. The van der Waals surface area contributed by atoms with Gasteiger partial charge in [-0.2, -0.15) is 0 Å². The van der Waals surface area contributed by atoms with E-state index >= 15 is 0 Å². The van der Waals surface area contributed by atoms with Crippen LogP contribution in [0.4, 0.5) is 0 Å². The summed E-state index contributed by atoms with van der Waals surface area (Å²) in [7, 11) is -0.498. The molecule has 0 radical (unpaired) electrons. The molecule has 0 spiro atoms. The number of aryl methyl sites for hydroxylation is 2. The molecule has 1 aromatic heterocycles. The van der Waals surface area contributed by atoms with Crippen LogP contribution in [0, 0.1) is 6.92 Å². The van der Waals surface area contributed by atoms with Crippen molar-refractivity contribution in [3.63, 3.8) is 0 Å². The number of ether oxygens (including phenoxy) is 2. The fraction of sp³-hybridized carbons (Fsp3) is 0.263. The predicted octanol–water partition coefficient (Wildman–Crippen LogP) is 2.27. The highest BCUT2D eigenvalue weighted by Gasteiger charge is 2.16. The van der Waals surface area contributed by atoms with Crippen molar-refractivity contribution in [2.24, 2.45) is 0 Å². The molecule has 3 aromatic rings. The molecule has 0 aliphatic rings. The van der Waals surface area contributed by atoms with Crippen molar-refractivity contribution in [2.45, 2.75) is 18.2 Å². The highest BCUT2D eigenvalue weighted by atomic mass is 32.2. The second kappa shape index (κ2) is 7.40. The fourth-order valence-electron chi connectivity index (χ4n) is 2.73. The molecule has 0 amide bonds. The van der Waals surface area contributed by atoms with Crippen LogP contribution in [0.25, 0.3) is 10.9 Å². The number of nitrogens with one attached hydrogen (secondary N) is 1. The van der Waals surface area contributed by atoms with Crippen LogP contribution < -0.4 is 15.0 Å². The van der Waals surface area contributed by atoms with E-state index in [1.165, 1.54) is 14.2 Å². The van der Waals surface area contributed by atoms with Crippen LogP contribution in [0.1, 0.15) is 11.4 Å². The maximum atomic E-state index is 12.5. The van der Waals surface area contributed by atoms with E-state index in [9.17, 15) is 13.2 Å². The van der Waals surface area contributed by atoms with Crippen LogP contribution in [0.15, 0.2) is 46.1 Å². The largest absolute Gasteiger partial charge is 0.493 e. The van der Waals surface area contributed by atoms with Gasteiger partial charge < -0.3 is 14.5 Å². The minimum Gasteiger partial charge on any atom is -0.493 e. The number of fused-ring (bicyclic) bond motifs is 1. The van der Waals surface area contributed by atoms with Crippen LogP contribution >= 0.6 is 0 Å². The van der Waals surface area contributed by atoms with Crippen molar-refractivity contribution in [3.8, 4) is 11.5 Å². The summed E-state index contributed by atoms with van der Waals surface area (Å²) in [5.74, 6) is 1.02. The Morgan fingerprint density at radius 3 is 2.30 bits per heavy atom. The lowest BCUT2D eigenvalue weighted by Gasteiger charge is -2.09. The normalized spacial score (nSPS) is 11.5. The number of hydrogen-bond acceptors (Lipinski definition) is 6. The van der Waals surface area contributed by atoms with Crippen molar-refractivity contribution in [1.82, 2.24) is 9.97 Å². The number of rotatable bonds is 6. The van der Waals surface area contributed by atoms with E-state index in [1.54, 1.807) is 36.4 Å². The van der Waals surface area contributed by atoms with Crippen LogP contribution in [0.2, 0.25) is 0 Å². The summed E-state index contributed by atoms with van der Waals surface area (Å²) >= 11 is 0. The first-order valence-electron chi connectivity index (χ1n) is 8.28. The molecule has 3 rings (SSSR count). The molecule has 7 nitrogen and oxygen atoms in total. The molecule has 0 aliphatic carbocycles. The third kappa shape index (κ3) is 3.95. The third-order valence-electron chi connectivity index (χ3n) is 4.25. The Balaban J connectivity index is 1.91. The van der Waals surface area contributed by atoms with E-state index in [4.69, 9.17) is 9.47 Å². The maximum absolute atomic E-state index is 12.5. The number of H-pyrrole nitrogens is 1. The Bertz CT molecular complexity index is 1140. The first kappa shape index (κ1) is 18.9. The standard InChI is InChI=1S/C19H20N2O5S/c1-12-4-6-13(7-5-12)27(23,24)9-8-18-20-15-11-17(26-3)16(25-2)10-14(15)19(22)21-18/h4-7,10-11H,8-9H2,1-3H3,(H,20,21,22). The quantitative estimate of drug-likeness (QED) is 0.696. The second-order valence-electron chi connectivity index (χ2n) is 6.12. The summed E-state index contributed by atoms with van der Waals surface area (Å²) < 4.78 is 35.4. The lowest BCUT2D eigenvalue weighted by Crippen LogP contribution is -2.16. The SMILES string of the molecule is COc1cc2nc(CCS(=O)(=O)c3ccc(C)cc3)[nH]c(=O)c2cc1OC. The summed E-state index contributed by atoms with van der Waals surface area (Å²) in [6.07, 6.45) is 0.0930. The van der Waals surface area contributed by atoms with Gasteiger partial charge in [0.1, 0.15) is 5.82 Å². The van der Waals surface area contributed by atoms with Gasteiger partial charge in [0.15, 0.2) is 21.3 Å². The van der Waals surface area contributed by atoms with Gasteiger partial charge in [-0.15, -0.1) is 0 Å². The van der Waals surface area contributed by atoms with Gasteiger partial charge in [-0.25, -0.2) is 13.4 Å². The summed E-state index contributed by atoms with van der Waals surface area (Å²) in [6, 6.07) is 9.82. The Labute approximate surface area is 156 Å². The van der Waals surface area contributed by atoms with Crippen LogP contribution in [-0.2, 0) is 16.3 Å². The molecule has 0 aliphatic heterocycles. The number of methoxy groups -OCH3 is 2. The molecule has 142 valence electrons. The highest BCUT2D eigenvalue weighted by molar-refractivity contribution is 7.91. The van der Waals surface area contributed by atoms with E-state index in [-0.39, 0.29) is 22.6 Å². The molecule has 1 N–H and O–H groups in total. The van der Waals surface area contributed by atoms with Gasteiger partial charge in [-0.05, 0) is 25.1 Å². The summed E-state index contributed by atoms with van der Waals surface area (Å²) in [5, 5.41) is 0.345. The average Bonchev–Trinajstić information content (AvgIpc) is 2.66. The monoisotopic (exact) mass is 388 g/mol. The number of sulfone groups is 1. The minimum absolute atomic E-state index is 0.0930. The van der Waals surface area contributed by atoms with E-state index in [0.29, 0.717) is 28.2 Å². The lowest BCUT2D eigenvalue weighted by molar-refractivity contribution is 0.355. The van der Waals surface area contributed by atoms with E-state index in [0.717, 1.165) is 5.56 Å². The molecule has 2 aromatic carbocycles. The average molecular weight is 388 g/mol. The van der Waals surface area contributed by atoms with Gasteiger partial charge in [-0.1, -0.05) is 17.7 Å². The lowest BCUT2D eigenvalue weighted by atomic mass is 10.2. The molecular formula is C19H20N2O5S. The molecule has 0 unspecified atom stereocenters. The van der Waals surface area contributed by atoms with Crippen LogP contribution in [-0.4, -0.2) is 38.4 Å². The van der Waals surface area contributed by atoms with Crippen molar-refractivity contribution in [1.29, 1.82) is 0 Å². The Kier molecular flexibility index (Phi) is 5.18. The number of hydrogen-bond donors (Lipinski definition) is 1. The Morgan fingerprint density at radius 2 is 1.67 bits per heavy atom. The van der Waals surface area contributed by atoms with Crippen molar-refractivity contribution in [3.05, 3.63) is 58.1 Å². The van der Waals surface area contributed by atoms with Crippen molar-refractivity contribution < 1.29 is 17.9 Å². The van der Waals surface area contributed by atoms with Gasteiger partial charge in [0, 0.05) is 12.5 Å². The van der Waals surface area contributed by atoms with Crippen molar-refractivity contribution >= 4 is 20.7 Å². The summed E-state index contributed by atoms with van der Waals surface area (Å²) in [4.78, 5) is 19.6. The number of benzene rings is 2. The van der Waals surface area contributed by atoms with Gasteiger partial charge in [0.05, 0.1) is 35.8 Å². The van der Waals surface area contributed by atoms with Gasteiger partial charge in [-0.3, -0.25) is 4.79 Å². The fourth-order valence-corrected chi connectivity index (χ4v) is 3.98. The summed E-state index contributed by atoms with van der Waals surface area (Å²) in [5.41, 5.74) is 1.04. The van der Waals surface area contributed by atoms with E-state index in [1.807, 2.05) is 6.92 Å². The highest BCUT2D eigenvalue weighted by Crippen LogP contribution is 2.29. The second-order valence-corrected chi connectivity index (χ2v) is 8.23. The van der Waals surface area contributed by atoms with Gasteiger partial charge in [0.2, 0.25) is 0 Å². The van der Waals surface area contributed by atoms with E-state index in [2.05, 4.69) is 9.97 Å². The molecule has 0 atom stereocenters. The molecule has 0 saturated heterocycles. The first-order chi connectivity index (χ1) is 12.8. The number of nitrogens with zero attached hydrogens (tertiary/aromatic N) is 1. The zero-order valence-electron chi connectivity index (χ0n) is 15.3. The predicted molar refractivity (Wildman–Crippen MR) is 102 cm³/mol. The number of aromatic nitrogens is 2. The minimum atomic E-state index is -3.47. The maximum Gasteiger partial charge on any atom is 0.258 e.